The molecule has 0 saturated carbocycles. The quantitative estimate of drug-likeness (QED) is 0.0550. The maximum absolute atomic E-state index is 17.0. The number of aromatic amines is 2. The van der Waals surface area contributed by atoms with E-state index in [9.17, 15) is 14.7 Å². The lowest BCUT2D eigenvalue weighted by Gasteiger charge is -2.35. The molecule has 2 saturated heterocycles. The molecule has 0 aliphatic carbocycles. The number of carbonyl (C=O) groups excluding carboxylic acids is 2. The first-order valence-corrected chi connectivity index (χ1v) is 24.2. The number of benzene rings is 3. The SMILES string of the molecule is COCCCCOc1cccc(C2Oc3cc(-c4cnc(C5CCCN5C(=O)C(N)C(C)C)[nH]4)cc(F)c3-c3cc4cc(-c5cnc(C6CCCN6C(O)C(NC(=O)OC)C(C)C)[nH]5)ccc4n32)c1. The first kappa shape index (κ1) is 47.8. The van der Waals surface area contributed by atoms with E-state index in [-0.39, 0.29) is 29.8 Å². The highest BCUT2D eigenvalue weighted by Crippen LogP contribution is 2.48. The normalized spacial score (nSPS) is 19.4. The summed E-state index contributed by atoms with van der Waals surface area (Å²) in [6.07, 6.45) is 6.18. The van der Waals surface area contributed by atoms with E-state index in [4.69, 9.17) is 34.6 Å². The summed E-state index contributed by atoms with van der Waals surface area (Å²) in [7, 11) is 3.00. The zero-order valence-corrected chi connectivity index (χ0v) is 40.2. The largest absolute Gasteiger partial charge is 0.494 e. The summed E-state index contributed by atoms with van der Waals surface area (Å²) in [5.41, 5.74) is 11.8. The zero-order chi connectivity index (χ0) is 48.5. The van der Waals surface area contributed by atoms with Gasteiger partial charge in [0.15, 0.2) is 0 Å². The van der Waals surface area contributed by atoms with E-state index in [0.29, 0.717) is 72.0 Å². The van der Waals surface area contributed by atoms with Crippen molar-refractivity contribution in [1.82, 2.24) is 39.6 Å². The Kier molecular flexibility index (Phi) is 14.1. The van der Waals surface area contributed by atoms with Gasteiger partial charge in [-0.05, 0) is 92.8 Å². The Morgan fingerprint density at radius 1 is 0.899 bits per heavy atom. The Balaban J connectivity index is 1.05. The highest BCUT2D eigenvalue weighted by molar-refractivity contribution is 5.92. The number of H-pyrrole nitrogens is 2. The number of rotatable bonds is 17. The van der Waals surface area contributed by atoms with Gasteiger partial charge < -0.3 is 54.5 Å². The number of nitrogens with zero attached hydrogens (tertiary/aromatic N) is 5. The molecular formula is C52H64FN9O7. The second kappa shape index (κ2) is 20.4. The number of aromatic nitrogens is 5. The van der Waals surface area contributed by atoms with Crippen molar-refractivity contribution in [3.05, 3.63) is 96.1 Å². The van der Waals surface area contributed by atoms with Crippen molar-refractivity contribution in [2.45, 2.75) is 103 Å². The Bertz CT molecular complexity index is 2780. The number of nitrogens with two attached hydrogens (primary N) is 1. The molecule has 6 atom stereocenters. The molecule has 6 aromatic rings. The molecule has 366 valence electrons. The van der Waals surface area contributed by atoms with E-state index < -0.39 is 36.4 Å². The van der Waals surface area contributed by atoms with Crippen LogP contribution in [-0.2, 0) is 14.3 Å². The average Bonchev–Trinajstić information content (AvgIpc) is 4.21. The number of hydrogen-bond acceptors (Lipinski definition) is 11. The summed E-state index contributed by atoms with van der Waals surface area (Å²) in [5, 5.41) is 15.2. The third-order valence-electron chi connectivity index (χ3n) is 13.9. The summed E-state index contributed by atoms with van der Waals surface area (Å²) < 4.78 is 42.2. The second-order valence-corrected chi connectivity index (χ2v) is 19.1. The molecule has 6 heterocycles. The number of amides is 2. The Hall–Kier alpha value is -6.27. The lowest BCUT2D eigenvalue weighted by Crippen LogP contribution is -2.54. The average molecular weight is 946 g/mol. The Morgan fingerprint density at radius 3 is 2.36 bits per heavy atom. The van der Waals surface area contributed by atoms with Gasteiger partial charge in [0.1, 0.15) is 35.2 Å². The molecule has 3 aliphatic rings. The van der Waals surface area contributed by atoms with Gasteiger partial charge in [-0.15, -0.1) is 0 Å². The number of fused-ring (bicyclic) bond motifs is 5. The predicted molar refractivity (Wildman–Crippen MR) is 260 cm³/mol. The van der Waals surface area contributed by atoms with Crippen LogP contribution in [0.3, 0.4) is 0 Å². The molecule has 0 bridgehead atoms. The summed E-state index contributed by atoms with van der Waals surface area (Å²) in [4.78, 5) is 45.8. The fourth-order valence-corrected chi connectivity index (χ4v) is 10.1. The number of aliphatic hydroxyl groups excluding tert-OH is 1. The fourth-order valence-electron chi connectivity index (χ4n) is 10.1. The molecular weight excluding hydrogens is 882 g/mol. The second-order valence-electron chi connectivity index (χ2n) is 19.1. The number of ether oxygens (including phenoxy) is 4. The van der Waals surface area contributed by atoms with Crippen LogP contribution < -0.4 is 20.5 Å². The maximum atomic E-state index is 17.0. The van der Waals surface area contributed by atoms with E-state index in [2.05, 4.69) is 21.4 Å². The summed E-state index contributed by atoms with van der Waals surface area (Å²) in [6, 6.07) is 17.7. The van der Waals surface area contributed by atoms with Crippen molar-refractivity contribution >= 4 is 22.9 Å². The zero-order valence-electron chi connectivity index (χ0n) is 40.2. The number of likely N-dealkylation sites (tertiary alicyclic amines) is 2. The van der Waals surface area contributed by atoms with Crippen LogP contribution in [0.5, 0.6) is 11.5 Å². The Labute approximate surface area is 401 Å². The van der Waals surface area contributed by atoms with Crippen LogP contribution in [0.15, 0.2) is 73.1 Å². The standard InChI is InChI=1S/C52H64FN9O7/c1-29(2)45(54)49(63)60-18-10-14-40(60)47-56-28-38(58-47)33-24-36(53)44-42-25-34-22-31(37-27-55-48(57-37)41-15-11-19-61(41)50(64)46(30(3)4)59-52(65)67-6)16-17-39(34)62(42)51(69-43(44)26-33)32-12-9-13-35(23-32)68-21-8-7-20-66-5/h9,12-13,16-17,22-30,40-41,45-46,50-51,64H,7-8,10-11,14-15,18-21,54H2,1-6H3,(H,55,57)(H,56,58)(H,59,65). The van der Waals surface area contributed by atoms with Gasteiger partial charge in [0.25, 0.3) is 0 Å². The van der Waals surface area contributed by atoms with Crippen molar-refractivity contribution in [1.29, 1.82) is 0 Å². The van der Waals surface area contributed by atoms with Gasteiger partial charge in [0.2, 0.25) is 12.1 Å². The number of carbonyl (C=O) groups is 2. The number of hydrogen-bond donors (Lipinski definition) is 5. The number of alkyl carbamates (subject to hydrolysis) is 1. The molecule has 17 heteroatoms. The van der Waals surface area contributed by atoms with Crippen LogP contribution in [0.25, 0.3) is 44.7 Å². The first-order valence-electron chi connectivity index (χ1n) is 24.2. The number of unbranched alkanes of at least 4 members (excludes halogenated alkanes) is 1. The van der Waals surface area contributed by atoms with E-state index in [1.807, 2.05) is 90.6 Å². The minimum atomic E-state index is -0.956. The van der Waals surface area contributed by atoms with Crippen molar-refractivity contribution in [3.63, 3.8) is 0 Å². The minimum absolute atomic E-state index is 0.00116. The van der Waals surface area contributed by atoms with Crippen molar-refractivity contribution < 1.29 is 38.0 Å². The molecule has 9 rings (SSSR count). The van der Waals surface area contributed by atoms with Gasteiger partial charge in [-0.25, -0.2) is 19.2 Å². The molecule has 6 N–H and O–H groups in total. The molecule has 2 fully saturated rings. The lowest BCUT2D eigenvalue weighted by atomic mass is 10.0. The van der Waals surface area contributed by atoms with Crippen LogP contribution in [0.4, 0.5) is 9.18 Å². The molecule has 3 aliphatic heterocycles. The molecule has 6 unspecified atom stereocenters. The Morgan fingerprint density at radius 2 is 1.62 bits per heavy atom. The van der Waals surface area contributed by atoms with Crippen molar-refractivity contribution in [2.24, 2.45) is 17.6 Å². The van der Waals surface area contributed by atoms with E-state index in [1.165, 1.54) is 13.2 Å². The lowest BCUT2D eigenvalue weighted by molar-refractivity contribution is -0.134. The number of methoxy groups -OCH3 is 2. The van der Waals surface area contributed by atoms with Gasteiger partial charge in [0.05, 0.1) is 78.4 Å². The molecule has 3 aromatic heterocycles. The summed E-state index contributed by atoms with van der Waals surface area (Å²) >= 11 is 0. The topological polar surface area (TPSA) is 198 Å². The van der Waals surface area contributed by atoms with Gasteiger partial charge in [-0.2, -0.15) is 0 Å². The summed E-state index contributed by atoms with van der Waals surface area (Å²) in [5.74, 6) is 1.80. The minimum Gasteiger partial charge on any atom is -0.494 e. The van der Waals surface area contributed by atoms with Gasteiger partial charge in [-0.1, -0.05) is 45.9 Å². The molecule has 69 heavy (non-hydrogen) atoms. The van der Waals surface area contributed by atoms with E-state index in [1.54, 1.807) is 19.5 Å². The van der Waals surface area contributed by atoms with Gasteiger partial charge in [-0.3, -0.25) is 9.69 Å². The number of halogens is 1. The summed E-state index contributed by atoms with van der Waals surface area (Å²) in [6.45, 7) is 10.2. The maximum Gasteiger partial charge on any atom is 0.407 e. The molecule has 3 aromatic carbocycles. The molecule has 16 nitrogen and oxygen atoms in total. The first-order chi connectivity index (χ1) is 33.3. The van der Waals surface area contributed by atoms with E-state index >= 15 is 4.39 Å². The molecule has 0 spiro atoms. The fraction of sp³-hybridized carbons (Fsp3) is 0.462. The van der Waals surface area contributed by atoms with Crippen LogP contribution in [-0.4, -0.2) is 110 Å². The van der Waals surface area contributed by atoms with Crippen molar-refractivity contribution in [3.8, 4) is 45.3 Å². The third-order valence-corrected chi connectivity index (χ3v) is 13.9. The van der Waals surface area contributed by atoms with Crippen LogP contribution in [0.1, 0.15) is 102 Å². The van der Waals surface area contributed by atoms with Crippen LogP contribution in [0.2, 0.25) is 0 Å². The highest BCUT2D eigenvalue weighted by atomic mass is 19.1. The smallest absolute Gasteiger partial charge is 0.407 e. The number of aliphatic hydroxyl groups is 1. The van der Waals surface area contributed by atoms with Crippen LogP contribution in [0, 0.1) is 17.7 Å². The monoisotopic (exact) mass is 945 g/mol. The molecule has 0 radical (unpaired) electrons. The predicted octanol–water partition coefficient (Wildman–Crippen LogP) is 8.46. The number of imidazole rings is 2. The van der Waals surface area contributed by atoms with Gasteiger partial charge >= 0.3 is 6.09 Å². The molecule has 2 amide bonds. The van der Waals surface area contributed by atoms with Gasteiger partial charge in [0, 0.05) is 48.9 Å². The van der Waals surface area contributed by atoms with Crippen LogP contribution >= 0.6 is 0 Å². The highest BCUT2D eigenvalue weighted by Gasteiger charge is 2.39. The number of nitrogens with one attached hydrogen (secondary N) is 3. The third kappa shape index (κ3) is 9.57. The van der Waals surface area contributed by atoms with Crippen molar-refractivity contribution in [2.75, 3.05) is 40.5 Å². The van der Waals surface area contributed by atoms with E-state index in [0.717, 1.165) is 66.2 Å².